The van der Waals surface area contributed by atoms with E-state index in [1.807, 2.05) is 0 Å². The van der Waals surface area contributed by atoms with Gasteiger partial charge < -0.3 is 9.30 Å². The van der Waals surface area contributed by atoms with Crippen LogP contribution in [0.5, 0.6) is 5.75 Å². The van der Waals surface area contributed by atoms with Gasteiger partial charge in [0.05, 0.1) is 17.7 Å². The quantitative estimate of drug-likeness (QED) is 0.619. The predicted molar refractivity (Wildman–Crippen MR) is 69.3 cm³/mol. The lowest BCUT2D eigenvalue weighted by atomic mass is 10.3. The van der Waals surface area contributed by atoms with Crippen molar-refractivity contribution >= 4 is 5.69 Å². The molecule has 20 heavy (non-hydrogen) atoms. The third-order valence-corrected chi connectivity index (χ3v) is 2.58. The lowest BCUT2D eigenvalue weighted by molar-refractivity contribution is -0.385. The average molecular weight is 278 g/mol. The van der Waals surface area contributed by atoms with Crippen LogP contribution in [0, 0.1) is 15.9 Å². The number of nitrogens with zero attached hydrogens (tertiary/aromatic N) is 2. The molecule has 0 unspecified atom stereocenters. The van der Waals surface area contributed by atoms with Crippen LogP contribution in [0.3, 0.4) is 0 Å². The van der Waals surface area contributed by atoms with E-state index < -0.39 is 10.7 Å². The molecule has 104 valence electrons. The molecule has 0 saturated carbocycles. The maximum absolute atomic E-state index is 12.9. The molecule has 0 bridgehead atoms. The second kappa shape index (κ2) is 5.96. The Morgan fingerprint density at radius 1 is 1.30 bits per heavy atom. The summed E-state index contributed by atoms with van der Waals surface area (Å²) in [6.45, 7) is 0.238. The lowest BCUT2D eigenvalue weighted by Gasteiger charge is -2.08. The van der Waals surface area contributed by atoms with Gasteiger partial charge >= 0.3 is 0 Å². The minimum Gasteiger partial charge on any atom is -0.492 e. The molecule has 6 nitrogen and oxygen atoms in total. The Labute approximate surface area is 113 Å². The monoisotopic (exact) mass is 278 g/mol. The Morgan fingerprint density at radius 3 is 2.80 bits per heavy atom. The van der Waals surface area contributed by atoms with Crippen LogP contribution < -0.4 is 10.3 Å². The molecule has 0 saturated heterocycles. The van der Waals surface area contributed by atoms with Gasteiger partial charge in [0.2, 0.25) is 0 Å². The summed E-state index contributed by atoms with van der Waals surface area (Å²) in [4.78, 5) is 21.5. The molecule has 1 aromatic carbocycles. The predicted octanol–water partition coefficient (Wildman–Crippen LogP) is 1.97. The number of benzene rings is 1. The fourth-order valence-electron chi connectivity index (χ4n) is 1.62. The van der Waals surface area contributed by atoms with Crippen LogP contribution in [0.1, 0.15) is 0 Å². The van der Waals surface area contributed by atoms with E-state index in [1.54, 1.807) is 6.07 Å². The minimum absolute atomic E-state index is 0.102. The number of halogens is 1. The van der Waals surface area contributed by atoms with Gasteiger partial charge in [0.1, 0.15) is 18.2 Å². The van der Waals surface area contributed by atoms with Gasteiger partial charge in [0, 0.05) is 18.2 Å². The van der Waals surface area contributed by atoms with Crippen molar-refractivity contribution < 1.29 is 14.1 Å². The van der Waals surface area contributed by atoms with Crippen molar-refractivity contribution in [1.29, 1.82) is 0 Å². The number of hydrogen-bond acceptors (Lipinski definition) is 4. The molecule has 2 aromatic rings. The zero-order valence-electron chi connectivity index (χ0n) is 10.4. The summed E-state index contributed by atoms with van der Waals surface area (Å²) >= 11 is 0. The molecule has 0 N–H and O–H groups in total. The number of nitro groups is 1. The molecular formula is C13H11FN2O4. The fraction of sp³-hybridized carbons (Fsp3) is 0.154. The number of aromatic nitrogens is 1. The Bertz CT molecular complexity index is 684. The summed E-state index contributed by atoms with van der Waals surface area (Å²) in [6.07, 6.45) is 1.15. The molecule has 2 rings (SSSR count). The van der Waals surface area contributed by atoms with Crippen molar-refractivity contribution in [2.24, 2.45) is 0 Å². The van der Waals surface area contributed by atoms with E-state index in [-0.39, 0.29) is 24.4 Å². The van der Waals surface area contributed by atoms with Crippen molar-refractivity contribution in [3.63, 3.8) is 0 Å². The maximum Gasteiger partial charge on any atom is 0.285 e. The number of pyridine rings is 1. The van der Waals surface area contributed by atoms with E-state index in [0.717, 1.165) is 18.3 Å². The summed E-state index contributed by atoms with van der Waals surface area (Å²) in [7, 11) is 0. The molecule has 0 radical (unpaired) electrons. The summed E-state index contributed by atoms with van der Waals surface area (Å²) in [5.41, 5.74) is -0.534. The zero-order valence-corrected chi connectivity index (χ0v) is 10.4. The van der Waals surface area contributed by atoms with E-state index in [1.165, 1.54) is 22.8 Å². The number of hydrogen-bond donors (Lipinski definition) is 0. The van der Waals surface area contributed by atoms with E-state index in [2.05, 4.69) is 0 Å². The largest absolute Gasteiger partial charge is 0.492 e. The molecule has 0 amide bonds. The molecule has 0 aliphatic rings. The van der Waals surface area contributed by atoms with Gasteiger partial charge in [-0.05, 0) is 12.1 Å². The van der Waals surface area contributed by atoms with Gasteiger partial charge in [0.25, 0.3) is 11.2 Å². The smallest absolute Gasteiger partial charge is 0.285 e. The van der Waals surface area contributed by atoms with Gasteiger partial charge in [-0.3, -0.25) is 14.9 Å². The van der Waals surface area contributed by atoms with Gasteiger partial charge in [-0.15, -0.1) is 0 Å². The van der Waals surface area contributed by atoms with E-state index in [9.17, 15) is 19.3 Å². The topological polar surface area (TPSA) is 74.4 Å². The molecular weight excluding hydrogens is 267 g/mol. The maximum atomic E-state index is 12.9. The van der Waals surface area contributed by atoms with Crippen LogP contribution in [0.2, 0.25) is 0 Å². The van der Waals surface area contributed by atoms with E-state index >= 15 is 0 Å². The summed E-state index contributed by atoms with van der Waals surface area (Å²) < 4.78 is 19.4. The van der Waals surface area contributed by atoms with Crippen molar-refractivity contribution in [3.05, 3.63) is 68.9 Å². The molecule has 1 aromatic heterocycles. The summed E-state index contributed by atoms with van der Waals surface area (Å²) in [5, 5.41) is 10.6. The zero-order chi connectivity index (χ0) is 14.5. The first-order valence-electron chi connectivity index (χ1n) is 5.79. The van der Waals surface area contributed by atoms with Crippen LogP contribution in [0.25, 0.3) is 0 Å². The summed E-state index contributed by atoms with van der Waals surface area (Å²) in [6, 6.07) is 7.87. The Morgan fingerprint density at radius 2 is 2.10 bits per heavy atom. The molecule has 0 atom stereocenters. The first kappa shape index (κ1) is 13.7. The molecule has 0 fully saturated rings. The van der Waals surface area contributed by atoms with Gasteiger partial charge in [-0.25, -0.2) is 4.39 Å². The number of ether oxygens (including phenoxy) is 1. The Kier molecular flexibility index (Phi) is 4.09. The van der Waals surface area contributed by atoms with Crippen molar-refractivity contribution in [1.82, 2.24) is 4.57 Å². The van der Waals surface area contributed by atoms with Crippen LogP contribution in [0.15, 0.2) is 47.4 Å². The molecule has 1 heterocycles. The normalized spacial score (nSPS) is 10.2. The molecule has 0 aliphatic heterocycles. The van der Waals surface area contributed by atoms with E-state index in [0.29, 0.717) is 5.75 Å². The molecule has 7 heteroatoms. The van der Waals surface area contributed by atoms with Gasteiger partial charge in [-0.2, -0.15) is 0 Å². The highest BCUT2D eigenvalue weighted by Gasteiger charge is 2.07. The van der Waals surface area contributed by atoms with Crippen LogP contribution >= 0.6 is 0 Å². The van der Waals surface area contributed by atoms with E-state index in [4.69, 9.17) is 4.74 Å². The standard InChI is InChI=1S/C13H11FN2O4/c14-10-2-1-3-12(8-10)20-7-6-15-9-11(16(18)19)4-5-13(15)17/h1-5,8-9H,6-7H2. The fourth-order valence-corrected chi connectivity index (χ4v) is 1.62. The van der Waals surface area contributed by atoms with Crippen molar-refractivity contribution in [3.8, 4) is 5.75 Å². The SMILES string of the molecule is O=c1ccc([N+](=O)[O-])cn1CCOc1cccc(F)c1. The van der Waals surface area contributed by atoms with Gasteiger partial charge in [-0.1, -0.05) is 6.07 Å². The summed E-state index contributed by atoms with van der Waals surface area (Å²) in [5.74, 6) is -0.0847. The second-order valence-corrected chi connectivity index (χ2v) is 3.98. The highest BCUT2D eigenvalue weighted by atomic mass is 19.1. The first-order valence-corrected chi connectivity index (χ1v) is 5.79. The van der Waals surface area contributed by atoms with Crippen molar-refractivity contribution in [2.45, 2.75) is 6.54 Å². The van der Waals surface area contributed by atoms with Crippen molar-refractivity contribution in [2.75, 3.05) is 6.61 Å². The lowest BCUT2D eigenvalue weighted by Crippen LogP contribution is -2.22. The third-order valence-electron chi connectivity index (χ3n) is 2.58. The Hall–Kier alpha value is -2.70. The average Bonchev–Trinajstić information content (AvgIpc) is 2.40. The second-order valence-electron chi connectivity index (χ2n) is 3.98. The molecule has 0 aliphatic carbocycles. The number of rotatable bonds is 5. The van der Waals surface area contributed by atoms with Crippen LogP contribution in [0.4, 0.5) is 10.1 Å². The Balaban J connectivity index is 2.02. The van der Waals surface area contributed by atoms with Crippen LogP contribution in [-0.4, -0.2) is 16.1 Å². The van der Waals surface area contributed by atoms with Gasteiger partial charge in [0.15, 0.2) is 0 Å². The highest BCUT2D eigenvalue weighted by Crippen LogP contribution is 2.12. The molecule has 0 spiro atoms. The third kappa shape index (κ3) is 3.41. The highest BCUT2D eigenvalue weighted by molar-refractivity contribution is 5.25. The van der Waals surface area contributed by atoms with Crippen LogP contribution in [-0.2, 0) is 6.54 Å². The minimum atomic E-state index is -0.580. The first-order chi connectivity index (χ1) is 9.56.